The second-order valence-corrected chi connectivity index (χ2v) is 8.64. The third kappa shape index (κ3) is 3.67. The fraction of sp³-hybridized carbons (Fsp3) is 0.143. The normalized spacial score (nSPS) is 11.5. The van der Waals surface area contributed by atoms with Gasteiger partial charge in [0, 0.05) is 23.8 Å². The van der Waals surface area contributed by atoms with E-state index in [1.165, 1.54) is 48.5 Å². The maximum absolute atomic E-state index is 12.9. The summed E-state index contributed by atoms with van der Waals surface area (Å²) in [6.45, 7) is 2.03. The number of aryl methyl sites for hydroxylation is 1. The first-order valence-corrected chi connectivity index (χ1v) is 10.5. The molecular weight excluding hydrogens is 404 g/mol. The van der Waals surface area contributed by atoms with Crippen molar-refractivity contribution in [2.45, 2.75) is 23.4 Å². The molecule has 0 radical (unpaired) electrons. The summed E-state index contributed by atoms with van der Waals surface area (Å²) >= 11 is 0. The van der Waals surface area contributed by atoms with E-state index in [9.17, 15) is 13.2 Å². The van der Waals surface area contributed by atoms with Gasteiger partial charge in [0.1, 0.15) is 0 Å². The van der Waals surface area contributed by atoms with E-state index in [0.717, 1.165) is 11.1 Å². The molecule has 0 amide bonds. The number of benzene rings is 1. The van der Waals surface area contributed by atoms with Crippen LogP contribution < -0.4 is 10.3 Å². The van der Waals surface area contributed by atoms with Gasteiger partial charge in [-0.3, -0.25) is 4.79 Å². The molecule has 1 aromatic carbocycles. The number of sulfone groups is 1. The van der Waals surface area contributed by atoms with Crippen LogP contribution in [0.5, 0.6) is 5.88 Å². The Balaban J connectivity index is 1.71. The predicted molar refractivity (Wildman–Crippen MR) is 110 cm³/mol. The molecule has 152 valence electrons. The number of hydrogen-bond donors (Lipinski definition) is 0. The summed E-state index contributed by atoms with van der Waals surface area (Å²) in [7, 11) is -2.27. The number of methoxy groups -OCH3 is 1. The van der Waals surface area contributed by atoms with E-state index in [0.29, 0.717) is 16.7 Å². The largest absolute Gasteiger partial charge is 0.481 e. The summed E-state index contributed by atoms with van der Waals surface area (Å²) in [4.78, 5) is 21.0. The van der Waals surface area contributed by atoms with Crippen molar-refractivity contribution in [3.05, 3.63) is 82.5 Å². The van der Waals surface area contributed by atoms with E-state index in [2.05, 4.69) is 15.1 Å². The highest BCUT2D eigenvalue weighted by Crippen LogP contribution is 2.22. The van der Waals surface area contributed by atoms with Crippen LogP contribution in [0.25, 0.3) is 10.8 Å². The molecule has 9 heteroatoms. The van der Waals surface area contributed by atoms with Crippen molar-refractivity contribution < 1.29 is 13.2 Å². The Morgan fingerprint density at radius 1 is 1.03 bits per heavy atom. The van der Waals surface area contributed by atoms with E-state index in [1.807, 2.05) is 0 Å². The Hall–Kier alpha value is -3.59. The molecule has 0 fully saturated rings. The highest BCUT2D eigenvalue weighted by Gasteiger charge is 2.20. The van der Waals surface area contributed by atoms with Crippen molar-refractivity contribution in [2.24, 2.45) is 0 Å². The minimum atomic E-state index is -3.80. The van der Waals surface area contributed by atoms with E-state index < -0.39 is 9.84 Å². The summed E-state index contributed by atoms with van der Waals surface area (Å²) in [5.74, 6) is 0.481. The van der Waals surface area contributed by atoms with Crippen molar-refractivity contribution >= 4 is 20.6 Å². The Kier molecular flexibility index (Phi) is 5.04. The van der Waals surface area contributed by atoms with E-state index in [1.54, 1.807) is 31.3 Å². The molecule has 30 heavy (non-hydrogen) atoms. The first kappa shape index (κ1) is 19.7. The van der Waals surface area contributed by atoms with Gasteiger partial charge in [0.25, 0.3) is 5.56 Å². The zero-order valence-corrected chi connectivity index (χ0v) is 17.1. The van der Waals surface area contributed by atoms with Gasteiger partial charge < -0.3 is 4.74 Å². The minimum absolute atomic E-state index is 0.0323. The third-order valence-corrected chi connectivity index (χ3v) is 6.29. The average Bonchev–Trinajstić information content (AvgIpc) is 2.76. The topological polar surface area (TPSA) is 104 Å². The molecule has 0 aliphatic carbocycles. The van der Waals surface area contributed by atoms with Gasteiger partial charge in [-0.1, -0.05) is 6.07 Å². The van der Waals surface area contributed by atoms with Crippen molar-refractivity contribution in [2.75, 3.05) is 7.11 Å². The lowest BCUT2D eigenvalue weighted by atomic mass is 10.2. The van der Waals surface area contributed by atoms with Crippen LogP contribution in [0.4, 0.5) is 0 Å². The molecule has 8 nitrogen and oxygen atoms in total. The van der Waals surface area contributed by atoms with Gasteiger partial charge in [-0.2, -0.15) is 5.10 Å². The quantitative estimate of drug-likeness (QED) is 0.486. The average molecular weight is 422 g/mol. The summed E-state index contributed by atoms with van der Waals surface area (Å²) < 4.78 is 32.1. The minimum Gasteiger partial charge on any atom is -0.481 e. The zero-order chi connectivity index (χ0) is 21.3. The van der Waals surface area contributed by atoms with Gasteiger partial charge in [0.2, 0.25) is 15.7 Å². The number of hydrogen-bond acceptors (Lipinski definition) is 7. The van der Waals surface area contributed by atoms with Crippen LogP contribution in [0.3, 0.4) is 0 Å². The molecule has 0 N–H and O–H groups in total. The molecule has 0 saturated heterocycles. The maximum atomic E-state index is 12.9. The van der Waals surface area contributed by atoms with E-state index >= 15 is 0 Å². The molecule has 0 bridgehead atoms. The van der Waals surface area contributed by atoms with Crippen LogP contribution in [-0.2, 0) is 16.4 Å². The SMILES string of the molecule is COc1ccc(Cn2ncc3cc(S(=O)(=O)c4cc(C)ccn4)ccc3c2=O)cn1. The molecule has 0 atom stereocenters. The van der Waals surface area contributed by atoms with Crippen molar-refractivity contribution in [3.63, 3.8) is 0 Å². The molecule has 0 unspecified atom stereocenters. The van der Waals surface area contributed by atoms with Gasteiger partial charge >= 0.3 is 0 Å². The number of nitrogens with zero attached hydrogens (tertiary/aromatic N) is 4. The Morgan fingerprint density at radius 2 is 1.87 bits per heavy atom. The molecule has 0 aliphatic rings. The number of pyridine rings is 2. The van der Waals surface area contributed by atoms with Crippen molar-refractivity contribution in [1.29, 1.82) is 0 Å². The first-order chi connectivity index (χ1) is 14.4. The van der Waals surface area contributed by atoms with Crippen LogP contribution in [0.1, 0.15) is 11.1 Å². The van der Waals surface area contributed by atoms with Gasteiger partial charge in [-0.25, -0.2) is 23.1 Å². The number of ether oxygens (including phenoxy) is 1. The van der Waals surface area contributed by atoms with Gasteiger partial charge in [0.15, 0.2) is 5.03 Å². The monoisotopic (exact) mass is 422 g/mol. The van der Waals surface area contributed by atoms with E-state index in [-0.39, 0.29) is 22.0 Å². The zero-order valence-electron chi connectivity index (χ0n) is 16.3. The molecule has 3 heterocycles. The molecule has 4 aromatic rings. The molecule has 4 rings (SSSR count). The number of fused-ring (bicyclic) bond motifs is 1. The van der Waals surface area contributed by atoms with Crippen LogP contribution >= 0.6 is 0 Å². The standard InChI is InChI=1S/C21H18N4O4S/c1-14-7-8-22-20(9-14)30(27,28)17-4-5-18-16(10-17)12-24-25(21(18)26)13-15-3-6-19(29-2)23-11-15/h3-12H,13H2,1-2H3. The Labute approximate surface area is 172 Å². The van der Waals surface area contributed by atoms with E-state index in [4.69, 9.17) is 4.74 Å². The third-order valence-electron chi connectivity index (χ3n) is 4.64. The molecule has 0 saturated carbocycles. The van der Waals surface area contributed by atoms with Crippen molar-refractivity contribution in [1.82, 2.24) is 19.7 Å². The Bertz CT molecular complexity index is 1400. The van der Waals surface area contributed by atoms with Crippen LogP contribution in [0.2, 0.25) is 0 Å². The Morgan fingerprint density at radius 3 is 2.57 bits per heavy atom. The molecule has 0 spiro atoms. The van der Waals surface area contributed by atoms with Gasteiger partial charge in [-0.05, 0) is 48.4 Å². The summed E-state index contributed by atoms with van der Waals surface area (Å²) in [5.41, 5.74) is 1.26. The summed E-state index contributed by atoms with van der Waals surface area (Å²) in [5, 5.41) is 4.98. The summed E-state index contributed by atoms with van der Waals surface area (Å²) in [6.07, 6.45) is 4.55. The summed E-state index contributed by atoms with van der Waals surface area (Å²) in [6, 6.07) is 11.1. The van der Waals surface area contributed by atoms with Gasteiger partial charge in [-0.15, -0.1) is 0 Å². The number of aromatic nitrogens is 4. The number of rotatable bonds is 5. The molecule has 0 aliphatic heterocycles. The fourth-order valence-electron chi connectivity index (χ4n) is 3.02. The van der Waals surface area contributed by atoms with Crippen LogP contribution in [0.15, 0.2) is 75.8 Å². The predicted octanol–water partition coefficient (Wildman–Crippen LogP) is 2.38. The molecular formula is C21H18N4O4S. The second kappa shape index (κ2) is 7.68. The maximum Gasteiger partial charge on any atom is 0.274 e. The van der Waals surface area contributed by atoms with Crippen LogP contribution in [-0.4, -0.2) is 35.3 Å². The van der Waals surface area contributed by atoms with Crippen molar-refractivity contribution in [3.8, 4) is 5.88 Å². The highest BCUT2D eigenvalue weighted by molar-refractivity contribution is 7.91. The first-order valence-electron chi connectivity index (χ1n) is 9.05. The molecule has 3 aromatic heterocycles. The lowest BCUT2D eigenvalue weighted by molar-refractivity contribution is 0.397. The lowest BCUT2D eigenvalue weighted by Crippen LogP contribution is -2.23. The fourth-order valence-corrected chi connectivity index (χ4v) is 4.33. The highest BCUT2D eigenvalue weighted by atomic mass is 32.2. The van der Waals surface area contributed by atoms with Crippen LogP contribution in [0, 0.1) is 6.92 Å². The smallest absolute Gasteiger partial charge is 0.274 e. The van der Waals surface area contributed by atoms with Gasteiger partial charge in [0.05, 0.1) is 30.1 Å². The second-order valence-electron chi connectivity index (χ2n) is 6.74. The lowest BCUT2D eigenvalue weighted by Gasteiger charge is -2.08.